The van der Waals surface area contributed by atoms with E-state index >= 15 is 0 Å². The molecule has 0 radical (unpaired) electrons. The summed E-state index contributed by atoms with van der Waals surface area (Å²) in [6.07, 6.45) is 3.16. The summed E-state index contributed by atoms with van der Waals surface area (Å²) in [7, 11) is 0. The molecule has 0 heterocycles. The lowest BCUT2D eigenvalue weighted by atomic mass is 9.86. The van der Waals surface area contributed by atoms with E-state index in [1.54, 1.807) is 0 Å². The van der Waals surface area contributed by atoms with E-state index in [4.69, 9.17) is 9.47 Å². The topological polar surface area (TPSA) is 76.7 Å². The van der Waals surface area contributed by atoms with Crippen molar-refractivity contribution >= 4 is 11.6 Å². The van der Waals surface area contributed by atoms with Gasteiger partial charge in [0.05, 0.1) is 13.2 Å². The van der Waals surface area contributed by atoms with Crippen molar-refractivity contribution in [1.82, 2.24) is 10.6 Å². The number of benzene rings is 2. The van der Waals surface area contributed by atoms with Gasteiger partial charge in [-0.3, -0.25) is 9.59 Å². The molecule has 0 unspecified atom stereocenters. The van der Waals surface area contributed by atoms with Gasteiger partial charge in [0.2, 0.25) is 0 Å². The molecule has 2 aromatic carbocycles. The molecule has 0 aromatic heterocycles. The van der Waals surface area contributed by atoms with Crippen LogP contribution in [0.1, 0.15) is 74.1 Å². The molecule has 2 N–H and O–H groups in total. The first-order valence-electron chi connectivity index (χ1n) is 13.5. The third-order valence-electron chi connectivity index (χ3n) is 6.11. The lowest BCUT2D eigenvalue weighted by molar-refractivity contribution is 0.0865. The van der Waals surface area contributed by atoms with Gasteiger partial charge >= 0.3 is 0 Å². The van der Waals surface area contributed by atoms with Gasteiger partial charge in [0.1, 0.15) is 11.5 Å². The van der Waals surface area contributed by atoms with Crippen LogP contribution in [0.4, 0.5) is 0 Å². The first-order valence-corrected chi connectivity index (χ1v) is 13.5. The Morgan fingerprint density at radius 1 is 0.639 bits per heavy atom. The molecule has 2 rings (SSSR count). The van der Waals surface area contributed by atoms with E-state index in [1.165, 1.54) is 0 Å². The zero-order chi connectivity index (χ0) is 26.2. The number of hydrogen-bond donors (Lipinski definition) is 2. The lowest BCUT2D eigenvalue weighted by Crippen LogP contribution is -2.32. The number of carbonyl (C=O) groups excluding carboxylic acids is 2. The average Bonchev–Trinajstić information content (AvgIpc) is 2.92. The molecule has 0 bridgehead atoms. The Kier molecular flexibility index (Phi) is 13.8. The maximum Gasteiger partial charge on any atom is 0.167 e. The van der Waals surface area contributed by atoms with Gasteiger partial charge in [0, 0.05) is 36.1 Å². The zero-order valence-corrected chi connectivity index (χ0v) is 22.5. The normalized spacial score (nSPS) is 12.7. The molecule has 36 heavy (non-hydrogen) atoms. The van der Waals surface area contributed by atoms with E-state index in [9.17, 15) is 9.59 Å². The number of carbonyl (C=O) groups is 2. The van der Waals surface area contributed by atoms with Gasteiger partial charge in [0.25, 0.3) is 0 Å². The van der Waals surface area contributed by atoms with Gasteiger partial charge in [-0.25, -0.2) is 0 Å². The van der Waals surface area contributed by atoms with Crippen LogP contribution in [-0.4, -0.2) is 51.0 Å². The summed E-state index contributed by atoms with van der Waals surface area (Å²) in [6, 6.07) is 14.8. The molecule has 6 heteroatoms. The SMILES string of the molecule is CCCOc1ccc(C(=O)[C@@H](CC[C@@H](CNCC)C(=O)c2ccc(OCCC)cc2)CNCC)cc1. The highest BCUT2D eigenvalue weighted by Gasteiger charge is 2.25. The Labute approximate surface area is 217 Å². The van der Waals surface area contributed by atoms with Crippen LogP contribution in [-0.2, 0) is 0 Å². The molecule has 0 aliphatic rings. The second-order valence-corrected chi connectivity index (χ2v) is 9.06. The quantitative estimate of drug-likeness (QED) is 0.248. The highest BCUT2D eigenvalue weighted by molar-refractivity contribution is 5.99. The molecule has 0 aliphatic heterocycles. The molecule has 0 spiro atoms. The van der Waals surface area contributed by atoms with Crippen LogP contribution >= 0.6 is 0 Å². The lowest BCUT2D eigenvalue weighted by Gasteiger charge is -2.21. The molecule has 0 amide bonds. The van der Waals surface area contributed by atoms with Crippen LogP contribution in [0.3, 0.4) is 0 Å². The molecule has 0 saturated heterocycles. The Balaban J connectivity index is 2.10. The second-order valence-electron chi connectivity index (χ2n) is 9.06. The van der Waals surface area contributed by atoms with Crippen LogP contribution in [0.5, 0.6) is 11.5 Å². The third kappa shape index (κ3) is 9.75. The molecule has 2 aromatic rings. The number of ketones is 2. The Morgan fingerprint density at radius 3 is 1.31 bits per heavy atom. The summed E-state index contributed by atoms with van der Waals surface area (Å²) in [5, 5.41) is 6.66. The molecule has 0 fully saturated rings. The fraction of sp³-hybridized carbons (Fsp3) is 0.533. The maximum atomic E-state index is 13.4. The minimum Gasteiger partial charge on any atom is -0.494 e. The van der Waals surface area contributed by atoms with Gasteiger partial charge in [-0.2, -0.15) is 0 Å². The number of rotatable bonds is 19. The highest BCUT2D eigenvalue weighted by Crippen LogP contribution is 2.23. The standard InChI is InChI=1S/C30H44N2O4/c1-5-19-35-27-15-11-23(12-16-27)29(33)25(21-31-7-3)9-10-26(22-32-8-4)30(34)24-13-17-28(18-14-24)36-20-6-2/h11-18,25-26,31-32H,5-10,19-22H2,1-4H3/t25-,26-/m0/s1. The fourth-order valence-corrected chi connectivity index (χ4v) is 4.03. The van der Waals surface area contributed by atoms with Crippen LogP contribution in [0, 0.1) is 11.8 Å². The van der Waals surface area contributed by atoms with Crippen molar-refractivity contribution < 1.29 is 19.1 Å². The van der Waals surface area contributed by atoms with E-state index in [-0.39, 0.29) is 23.4 Å². The molecule has 2 atom stereocenters. The van der Waals surface area contributed by atoms with Crippen molar-refractivity contribution in [2.24, 2.45) is 11.8 Å². The van der Waals surface area contributed by atoms with Crippen molar-refractivity contribution in [3.05, 3.63) is 59.7 Å². The summed E-state index contributed by atoms with van der Waals surface area (Å²) in [6.45, 7) is 12.3. The summed E-state index contributed by atoms with van der Waals surface area (Å²) < 4.78 is 11.3. The minimum absolute atomic E-state index is 0.102. The van der Waals surface area contributed by atoms with E-state index in [2.05, 4.69) is 24.5 Å². The van der Waals surface area contributed by atoms with Crippen molar-refractivity contribution in [3.8, 4) is 11.5 Å². The van der Waals surface area contributed by atoms with E-state index < -0.39 is 0 Å². The summed E-state index contributed by atoms with van der Waals surface area (Å²) in [5.41, 5.74) is 1.36. The Bertz CT molecular complexity index is 821. The predicted octanol–water partition coefficient (Wildman–Crippen LogP) is 5.56. The van der Waals surface area contributed by atoms with Gasteiger partial charge < -0.3 is 20.1 Å². The monoisotopic (exact) mass is 496 g/mol. The van der Waals surface area contributed by atoms with Crippen molar-refractivity contribution in [2.75, 3.05) is 39.4 Å². The third-order valence-corrected chi connectivity index (χ3v) is 6.11. The van der Waals surface area contributed by atoms with Crippen molar-refractivity contribution in [3.63, 3.8) is 0 Å². The van der Waals surface area contributed by atoms with Gasteiger partial charge in [-0.15, -0.1) is 0 Å². The first-order chi connectivity index (χ1) is 17.5. The van der Waals surface area contributed by atoms with Crippen LogP contribution in [0.2, 0.25) is 0 Å². The Morgan fingerprint density at radius 2 is 1.00 bits per heavy atom. The van der Waals surface area contributed by atoms with Gasteiger partial charge in [-0.05, 0) is 87.3 Å². The smallest absolute Gasteiger partial charge is 0.167 e. The first kappa shape index (κ1) is 29.5. The fourth-order valence-electron chi connectivity index (χ4n) is 4.03. The van der Waals surface area contributed by atoms with E-state index in [1.807, 2.05) is 62.4 Å². The number of nitrogens with one attached hydrogen (secondary N) is 2. The van der Waals surface area contributed by atoms with E-state index in [0.29, 0.717) is 50.3 Å². The molecular weight excluding hydrogens is 452 g/mol. The van der Waals surface area contributed by atoms with Crippen molar-refractivity contribution in [2.45, 2.75) is 53.4 Å². The number of ether oxygens (including phenoxy) is 2. The second kappa shape index (κ2) is 16.9. The molecule has 0 aliphatic carbocycles. The number of Topliss-reactive ketones (excluding diaryl/α,β-unsaturated/α-hetero) is 2. The Hall–Kier alpha value is -2.70. The summed E-state index contributed by atoms with van der Waals surface area (Å²) in [5.74, 6) is 1.36. The molecule has 198 valence electrons. The highest BCUT2D eigenvalue weighted by atomic mass is 16.5. The number of hydrogen-bond acceptors (Lipinski definition) is 6. The molecule has 6 nitrogen and oxygen atoms in total. The molecule has 0 saturated carbocycles. The predicted molar refractivity (Wildman–Crippen MR) is 146 cm³/mol. The van der Waals surface area contributed by atoms with Gasteiger partial charge in [0.15, 0.2) is 11.6 Å². The largest absolute Gasteiger partial charge is 0.494 e. The minimum atomic E-state index is -0.200. The molecular formula is C30H44N2O4. The maximum absolute atomic E-state index is 13.4. The van der Waals surface area contributed by atoms with Crippen LogP contribution in [0.15, 0.2) is 48.5 Å². The summed E-state index contributed by atoms with van der Waals surface area (Å²) in [4.78, 5) is 26.7. The van der Waals surface area contributed by atoms with Crippen LogP contribution in [0.25, 0.3) is 0 Å². The van der Waals surface area contributed by atoms with Crippen molar-refractivity contribution in [1.29, 1.82) is 0 Å². The van der Waals surface area contributed by atoms with Gasteiger partial charge in [-0.1, -0.05) is 27.7 Å². The van der Waals surface area contributed by atoms with E-state index in [0.717, 1.165) is 37.4 Å². The summed E-state index contributed by atoms with van der Waals surface area (Å²) >= 11 is 0. The average molecular weight is 497 g/mol. The zero-order valence-electron chi connectivity index (χ0n) is 22.5. The van der Waals surface area contributed by atoms with Crippen LogP contribution < -0.4 is 20.1 Å².